The van der Waals surface area contributed by atoms with Crippen molar-refractivity contribution in [2.24, 2.45) is 0 Å². The van der Waals surface area contributed by atoms with Gasteiger partial charge < -0.3 is 9.15 Å². The van der Waals surface area contributed by atoms with E-state index in [1.165, 1.54) is 6.92 Å². The van der Waals surface area contributed by atoms with Gasteiger partial charge in [-0.2, -0.15) is 0 Å². The minimum absolute atomic E-state index is 0.0211. The van der Waals surface area contributed by atoms with Crippen LogP contribution >= 0.6 is 15.9 Å². The summed E-state index contributed by atoms with van der Waals surface area (Å²) in [4.78, 5) is 40.9. The molecule has 4 aromatic rings. The predicted molar refractivity (Wildman–Crippen MR) is 142 cm³/mol. The largest absolute Gasteiger partial charge is 0.494 e. The maximum absolute atomic E-state index is 13.8. The molecule has 1 unspecified atom stereocenters. The molecule has 1 aliphatic heterocycles. The van der Waals surface area contributed by atoms with Gasteiger partial charge in [0.05, 0.1) is 23.6 Å². The monoisotopic (exact) mass is 545 g/mol. The van der Waals surface area contributed by atoms with Crippen LogP contribution in [0.4, 0.5) is 5.69 Å². The van der Waals surface area contributed by atoms with Crippen molar-refractivity contribution >= 4 is 44.3 Å². The number of hydrogen-bond donors (Lipinski definition) is 0. The van der Waals surface area contributed by atoms with E-state index in [4.69, 9.17) is 9.15 Å². The van der Waals surface area contributed by atoms with Crippen molar-refractivity contribution < 1.29 is 18.7 Å². The first-order valence-electron chi connectivity index (χ1n) is 11.8. The van der Waals surface area contributed by atoms with Crippen molar-refractivity contribution in [2.75, 3.05) is 11.5 Å². The van der Waals surface area contributed by atoms with E-state index in [1.54, 1.807) is 47.4 Å². The normalized spacial score (nSPS) is 14.8. The molecule has 3 aromatic carbocycles. The van der Waals surface area contributed by atoms with Gasteiger partial charge in [0.15, 0.2) is 11.2 Å². The van der Waals surface area contributed by atoms with Crippen LogP contribution in [0.3, 0.4) is 0 Å². The zero-order valence-electron chi connectivity index (χ0n) is 19.9. The van der Waals surface area contributed by atoms with E-state index in [1.807, 2.05) is 24.3 Å². The number of halogens is 1. The molecule has 0 radical (unpaired) electrons. The SMILES string of the molecule is CCCCOc1cccc(C2c3c(oc4ccc(Br)cc4c3=O)C(=O)N2c2ccc(C(C)=O)cc2)c1. The van der Waals surface area contributed by atoms with Crippen LogP contribution in [0.5, 0.6) is 5.75 Å². The Labute approximate surface area is 216 Å². The first-order valence-corrected chi connectivity index (χ1v) is 12.6. The smallest absolute Gasteiger partial charge is 0.295 e. The summed E-state index contributed by atoms with van der Waals surface area (Å²) in [5, 5.41) is 0.394. The van der Waals surface area contributed by atoms with Gasteiger partial charge in [-0.05, 0) is 73.5 Å². The average molecular weight is 546 g/mol. The lowest BCUT2D eigenvalue weighted by atomic mass is 9.98. The highest BCUT2D eigenvalue weighted by atomic mass is 79.9. The maximum atomic E-state index is 13.8. The van der Waals surface area contributed by atoms with Crippen LogP contribution in [0.2, 0.25) is 0 Å². The summed E-state index contributed by atoms with van der Waals surface area (Å²) in [6, 6.07) is 18.7. The van der Waals surface area contributed by atoms with Crippen LogP contribution in [0.15, 0.2) is 80.4 Å². The number of anilines is 1. The number of ether oxygens (including phenoxy) is 1. The predicted octanol–water partition coefficient (Wildman–Crippen LogP) is 6.69. The molecule has 182 valence electrons. The number of nitrogens with zero attached hydrogens (tertiary/aromatic N) is 1. The summed E-state index contributed by atoms with van der Waals surface area (Å²) in [7, 11) is 0. The summed E-state index contributed by atoms with van der Waals surface area (Å²) in [6.07, 6.45) is 1.94. The molecule has 0 N–H and O–H groups in total. The third-order valence-corrected chi connectivity index (χ3v) is 6.82. The molecule has 0 spiro atoms. The summed E-state index contributed by atoms with van der Waals surface area (Å²) in [6.45, 7) is 4.17. The molecule has 0 saturated carbocycles. The molecule has 0 aliphatic carbocycles. The van der Waals surface area contributed by atoms with Crippen molar-refractivity contribution in [3.63, 3.8) is 0 Å². The highest BCUT2D eigenvalue weighted by molar-refractivity contribution is 9.10. The van der Waals surface area contributed by atoms with E-state index >= 15 is 0 Å². The zero-order chi connectivity index (χ0) is 25.4. The van der Waals surface area contributed by atoms with Gasteiger partial charge in [0.1, 0.15) is 11.3 Å². The van der Waals surface area contributed by atoms with Gasteiger partial charge >= 0.3 is 0 Å². The Morgan fingerprint density at radius 3 is 2.56 bits per heavy atom. The maximum Gasteiger partial charge on any atom is 0.295 e. The standard InChI is InChI=1S/C29H24BrNO5/c1-3-4-14-35-22-7-5-6-19(15-22)26-25-27(33)23-16-20(30)10-13-24(23)36-28(25)29(34)31(26)21-11-8-18(9-12-21)17(2)32/h5-13,15-16,26H,3-4,14H2,1-2H3. The first-order chi connectivity index (χ1) is 17.4. The van der Waals surface area contributed by atoms with E-state index in [9.17, 15) is 14.4 Å². The number of ketones is 1. The first kappa shape index (κ1) is 24.0. The molecular formula is C29H24BrNO5. The minimum atomic E-state index is -0.718. The molecular weight excluding hydrogens is 522 g/mol. The van der Waals surface area contributed by atoms with Crippen LogP contribution in [-0.2, 0) is 0 Å². The Balaban J connectivity index is 1.70. The number of Topliss-reactive ketones (excluding diaryl/α,β-unsaturated/α-hetero) is 1. The minimum Gasteiger partial charge on any atom is -0.494 e. The van der Waals surface area contributed by atoms with E-state index in [0.717, 1.165) is 22.9 Å². The zero-order valence-corrected chi connectivity index (χ0v) is 21.5. The van der Waals surface area contributed by atoms with E-state index in [-0.39, 0.29) is 22.5 Å². The summed E-state index contributed by atoms with van der Waals surface area (Å²) in [5.41, 5.74) is 2.20. The summed E-state index contributed by atoms with van der Waals surface area (Å²) in [5.74, 6) is 0.207. The third-order valence-electron chi connectivity index (χ3n) is 6.32. The lowest BCUT2D eigenvalue weighted by molar-refractivity contribution is 0.0970. The highest BCUT2D eigenvalue weighted by Gasteiger charge is 2.43. The molecule has 1 amide bonds. The molecule has 7 heteroatoms. The lowest BCUT2D eigenvalue weighted by Crippen LogP contribution is -2.29. The van der Waals surface area contributed by atoms with E-state index < -0.39 is 11.9 Å². The van der Waals surface area contributed by atoms with E-state index in [2.05, 4.69) is 22.9 Å². The summed E-state index contributed by atoms with van der Waals surface area (Å²) < 4.78 is 12.7. The number of fused-ring (bicyclic) bond motifs is 2. The molecule has 2 heterocycles. The van der Waals surface area contributed by atoms with E-state index in [0.29, 0.717) is 34.6 Å². The quantitative estimate of drug-likeness (QED) is 0.191. The number of carbonyl (C=O) groups is 2. The second kappa shape index (κ2) is 9.74. The fourth-order valence-corrected chi connectivity index (χ4v) is 4.85. The van der Waals surface area contributed by atoms with Gasteiger partial charge in [0.2, 0.25) is 5.76 Å². The van der Waals surface area contributed by atoms with Crippen molar-refractivity contribution in [1.82, 2.24) is 0 Å². The third kappa shape index (κ3) is 4.24. The average Bonchev–Trinajstić information content (AvgIpc) is 3.17. The van der Waals surface area contributed by atoms with Gasteiger partial charge in [0.25, 0.3) is 5.91 Å². The molecule has 1 atom stereocenters. The molecule has 1 aliphatic rings. The summed E-state index contributed by atoms with van der Waals surface area (Å²) >= 11 is 3.42. The van der Waals surface area contributed by atoms with Gasteiger partial charge in [-0.3, -0.25) is 19.3 Å². The number of benzene rings is 3. The molecule has 0 fully saturated rings. The van der Waals surface area contributed by atoms with Crippen LogP contribution in [-0.4, -0.2) is 18.3 Å². The van der Waals surface area contributed by atoms with Gasteiger partial charge in [-0.15, -0.1) is 0 Å². The fourth-order valence-electron chi connectivity index (χ4n) is 4.49. The number of unbranched alkanes of at least 4 members (excludes halogenated alkanes) is 1. The number of hydrogen-bond acceptors (Lipinski definition) is 5. The molecule has 36 heavy (non-hydrogen) atoms. The lowest BCUT2D eigenvalue weighted by Gasteiger charge is -2.25. The number of rotatable bonds is 7. The van der Waals surface area contributed by atoms with Crippen LogP contribution in [0, 0.1) is 0 Å². The molecule has 1 aromatic heterocycles. The topological polar surface area (TPSA) is 76.8 Å². The van der Waals surface area contributed by atoms with Crippen molar-refractivity contribution in [3.05, 3.63) is 104 Å². The number of carbonyl (C=O) groups excluding carboxylic acids is 2. The Hall–Kier alpha value is -3.71. The fraction of sp³-hybridized carbons (Fsp3) is 0.207. The molecule has 0 bridgehead atoms. The molecule has 0 saturated heterocycles. The molecule has 6 nitrogen and oxygen atoms in total. The Bertz CT molecular complexity index is 1540. The van der Waals surface area contributed by atoms with Crippen molar-refractivity contribution in [3.8, 4) is 5.75 Å². The van der Waals surface area contributed by atoms with Crippen molar-refractivity contribution in [1.29, 1.82) is 0 Å². The Kier molecular flexibility index (Phi) is 6.49. The Morgan fingerprint density at radius 2 is 1.83 bits per heavy atom. The van der Waals surface area contributed by atoms with Crippen LogP contribution in [0.25, 0.3) is 11.0 Å². The van der Waals surface area contributed by atoms with Crippen LogP contribution in [0.1, 0.15) is 64.8 Å². The molecule has 5 rings (SSSR count). The van der Waals surface area contributed by atoms with Crippen LogP contribution < -0.4 is 15.1 Å². The highest BCUT2D eigenvalue weighted by Crippen LogP contribution is 2.42. The van der Waals surface area contributed by atoms with Gasteiger partial charge in [-0.1, -0.05) is 41.4 Å². The van der Waals surface area contributed by atoms with Gasteiger partial charge in [0, 0.05) is 15.7 Å². The number of amides is 1. The Morgan fingerprint density at radius 1 is 1.06 bits per heavy atom. The second-order valence-electron chi connectivity index (χ2n) is 8.77. The van der Waals surface area contributed by atoms with Gasteiger partial charge in [-0.25, -0.2) is 0 Å². The van der Waals surface area contributed by atoms with Crippen molar-refractivity contribution in [2.45, 2.75) is 32.7 Å². The second-order valence-corrected chi connectivity index (χ2v) is 9.69.